The van der Waals surface area contributed by atoms with Crippen molar-refractivity contribution >= 4 is 33.0 Å². The Hall–Kier alpha value is -2.65. The minimum atomic E-state index is -3.83. The molecule has 9 heteroatoms. The van der Waals surface area contributed by atoms with E-state index in [0.717, 1.165) is 10.00 Å². The van der Waals surface area contributed by atoms with E-state index in [0.29, 0.717) is 22.0 Å². The second-order valence-corrected chi connectivity index (χ2v) is 8.81. The number of thiophene rings is 1. The quantitative estimate of drug-likeness (QED) is 0.652. The molecule has 142 valence electrons. The predicted octanol–water partition coefficient (Wildman–Crippen LogP) is 3.08. The van der Waals surface area contributed by atoms with Crippen molar-refractivity contribution in [2.45, 2.75) is 18.7 Å². The summed E-state index contributed by atoms with van der Waals surface area (Å²) in [5, 5.41) is 5.89. The molecule has 0 saturated heterocycles. The van der Waals surface area contributed by atoms with Crippen LogP contribution in [0.5, 0.6) is 5.75 Å². The van der Waals surface area contributed by atoms with E-state index in [2.05, 4.69) is 5.10 Å². The van der Waals surface area contributed by atoms with Gasteiger partial charge in [-0.2, -0.15) is 5.10 Å². The number of methoxy groups -OCH3 is 1. The normalized spacial score (nSPS) is 11.4. The summed E-state index contributed by atoms with van der Waals surface area (Å²) in [6, 6.07) is 9.51. The number of nitrogens with zero attached hydrogens (tertiary/aromatic N) is 3. The van der Waals surface area contributed by atoms with E-state index in [1.165, 1.54) is 42.3 Å². The summed E-state index contributed by atoms with van der Waals surface area (Å²) < 4.78 is 33.4. The average Bonchev–Trinajstić information content (AvgIpc) is 3.26. The van der Waals surface area contributed by atoms with Gasteiger partial charge >= 0.3 is 0 Å². The molecule has 3 rings (SSSR count). The van der Waals surface area contributed by atoms with Gasteiger partial charge in [0, 0.05) is 12.7 Å². The van der Waals surface area contributed by atoms with E-state index in [9.17, 15) is 13.2 Å². The van der Waals surface area contributed by atoms with E-state index >= 15 is 0 Å². The minimum Gasteiger partial charge on any atom is -0.497 e. The lowest BCUT2D eigenvalue weighted by molar-refractivity contribution is 0.0947. The minimum absolute atomic E-state index is 0.113. The van der Waals surface area contributed by atoms with Crippen molar-refractivity contribution in [3.05, 3.63) is 58.0 Å². The van der Waals surface area contributed by atoms with E-state index in [1.54, 1.807) is 43.5 Å². The molecule has 0 aliphatic carbocycles. The van der Waals surface area contributed by atoms with Gasteiger partial charge in [-0.15, -0.1) is 11.3 Å². The Kier molecular flexibility index (Phi) is 5.07. The summed E-state index contributed by atoms with van der Waals surface area (Å²) in [7, 11) is -0.886. The molecule has 0 atom stereocenters. The molecule has 0 radical (unpaired) electrons. The Balaban J connectivity index is 1.98. The van der Waals surface area contributed by atoms with Crippen molar-refractivity contribution in [1.29, 1.82) is 0 Å². The Morgan fingerprint density at radius 2 is 1.85 bits per heavy atom. The van der Waals surface area contributed by atoms with Gasteiger partial charge in [0.15, 0.2) is 0 Å². The highest BCUT2D eigenvalue weighted by Gasteiger charge is 2.27. The topological polar surface area (TPSA) is 81.5 Å². The third-order valence-corrected chi connectivity index (χ3v) is 6.78. The molecule has 0 N–H and O–H groups in total. The van der Waals surface area contributed by atoms with Gasteiger partial charge in [0.2, 0.25) is 0 Å². The Bertz CT molecular complexity index is 1080. The highest BCUT2D eigenvalue weighted by molar-refractivity contribution is 7.92. The van der Waals surface area contributed by atoms with Crippen molar-refractivity contribution in [2.75, 3.05) is 18.5 Å². The second-order valence-electron chi connectivity index (χ2n) is 5.93. The smallest absolute Gasteiger partial charge is 0.290 e. The molecule has 2 heterocycles. The number of carbonyl (C=O) groups excluding carboxylic acids is 1. The number of sulfonamides is 1. The SMILES string of the molecule is COc1ccc(S(=O)(=O)N(C)c2ccsc2C(=O)n2nc(C)cc2C)cc1. The number of carbonyl (C=O) groups is 1. The number of hydrogen-bond donors (Lipinski definition) is 0. The van der Waals surface area contributed by atoms with Crippen LogP contribution in [0, 0.1) is 13.8 Å². The maximum atomic E-state index is 13.0. The van der Waals surface area contributed by atoms with Gasteiger partial charge in [0.1, 0.15) is 10.6 Å². The first-order chi connectivity index (χ1) is 12.8. The first-order valence-electron chi connectivity index (χ1n) is 8.04. The summed E-state index contributed by atoms with van der Waals surface area (Å²) >= 11 is 1.18. The largest absolute Gasteiger partial charge is 0.497 e. The van der Waals surface area contributed by atoms with Gasteiger partial charge in [-0.1, -0.05) is 0 Å². The number of rotatable bonds is 5. The number of hydrogen-bond acceptors (Lipinski definition) is 6. The summed E-state index contributed by atoms with van der Waals surface area (Å²) in [6.45, 7) is 3.58. The van der Waals surface area contributed by atoms with Gasteiger partial charge in [-0.05, 0) is 55.6 Å². The van der Waals surface area contributed by atoms with Crippen molar-refractivity contribution in [2.24, 2.45) is 0 Å². The molecular weight excluding hydrogens is 386 g/mol. The van der Waals surface area contributed by atoms with Gasteiger partial charge < -0.3 is 4.74 Å². The number of anilines is 1. The summed E-state index contributed by atoms with van der Waals surface area (Å²) in [5.74, 6) is 0.204. The third kappa shape index (κ3) is 3.47. The zero-order chi connectivity index (χ0) is 19.8. The zero-order valence-corrected chi connectivity index (χ0v) is 17.0. The molecule has 0 spiro atoms. The van der Waals surface area contributed by atoms with Crippen LogP contribution in [0.3, 0.4) is 0 Å². The third-order valence-electron chi connectivity index (χ3n) is 4.10. The molecule has 0 fully saturated rings. The first kappa shape index (κ1) is 19.1. The van der Waals surface area contributed by atoms with Crippen molar-refractivity contribution < 1.29 is 17.9 Å². The first-order valence-corrected chi connectivity index (χ1v) is 10.4. The van der Waals surface area contributed by atoms with Crippen LogP contribution in [0.25, 0.3) is 0 Å². The van der Waals surface area contributed by atoms with E-state index in [1.807, 2.05) is 0 Å². The highest BCUT2D eigenvalue weighted by Crippen LogP contribution is 2.31. The van der Waals surface area contributed by atoms with Crippen LogP contribution in [-0.2, 0) is 10.0 Å². The molecule has 0 aliphatic rings. The second kappa shape index (κ2) is 7.16. The van der Waals surface area contributed by atoms with Crippen LogP contribution in [0.1, 0.15) is 21.1 Å². The maximum Gasteiger partial charge on any atom is 0.290 e. The van der Waals surface area contributed by atoms with E-state index in [-0.39, 0.29) is 10.8 Å². The highest BCUT2D eigenvalue weighted by atomic mass is 32.2. The van der Waals surface area contributed by atoms with Crippen LogP contribution < -0.4 is 9.04 Å². The fraction of sp³-hybridized carbons (Fsp3) is 0.222. The van der Waals surface area contributed by atoms with Gasteiger partial charge in [-0.3, -0.25) is 9.10 Å². The molecule has 27 heavy (non-hydrogen) atoms. The Morgan fingerprint density at radius 3 is 2.41 bits per heavy atom. The summed E-state index contributed by atoms with van der Waals surface area (Å²) in [5.41, 5.74) is 1.73. The molecular formula is C18H19N3O4S2. The molecule has 0 amide bonds. The van der Waals surface area contributed by atoms with Crippen LogP contribution in [-0.4, -0.2) is 38.3 Å². The zero-order valence-electron chi connectivity index (χ0n) is 15.3. The number of benzene rings is 1. The molecule has 7 nitrogen and oxygen atoms in total. The van der Waals surface area contributed by atoms with E-state index < -0.39 is 10.0 Å². The molecule has 0 aliphatic heterocycles. The van der Waals surface area contributed by atoms with Gasteiger partial charge in [-0.25, -0.2) is 13.1 Å². The van der Waals surface area contributed by atoms with Crippen LogP contribution in [0.4, 0.5) is 5.69 Å². The molecule has 0 unspecified atom stereocenters. The van der Waals surface area contributed by atoms with Crippen LogP contribution in [0.2, 0.25) is 0 Å². The van der Waals surface area contributed by atoms with Crippen molar-refractivity contribution in [3.63, 3.8) is 0 Å². The fourth-order valence-corrected chi connectivity index (χ4v) is 4.79. The molecule has 1 aromatic carbocycles. The van der Waals surface area contributed by atoms with Crippen LogP contribution >= 0.6 is 11.3 Å². The van der Waals surface area contributed by atoms with Gasteiger partial charge in [0.25, 0.3) is 15.9 Å². The van der Waals surface area contributed by atoms with Crippen LogP contribution in [0.15, 0.2) is 46.7 Å². The summed E-state index contributed by atoms with van der Waals surface area (Å²) in [6.07, 6.45) is 0. The van der Waals surface area contributed by atoms with Crippen molar-refractivity contribution in [3.8, 4) is 5.75 Å². The predicted molar refractivity (Wildman–Crippen MR) is 104 cm³/mol. The standard InChI is InChI=1S/C18H19N3O4S2/c1-12-11-13(2)21(19-12)18(22)17-16(9-10-26-17)20(3)27(23,24)15-7-5-14(25-4)6-8-15/h5-11H,1-4H3. The van der Waals surface area contributed by atoms with E-state index in [4.69, 9.17) is 4.74 Å². The molecule has 0 saturated carbocycles. The Morgan fingerprint density at radius 1 is 1.19 bits per heavy atom. The lowest BCUT2D eigenvalue weighted by atomic mass is 10.3. The lowest BCUT2D eigenvalue weighted by Crippen LogP contribution is -2.28. The molecule has 3 aromatic rings. The Labute approximate surface area is 161 Å². The monoisotopic (exact) mass is 405 g/mol. The number of ether oxygens (including phenoxy) is 1. The maximum absolute atomic E-state index is 13.0. The molecule has 0 bridgehead atoms. The fourth-order valence-electron chi connectivity index (χ4n) is 2.68. The number of aromatic nitrogens is 2. The van der Waals surface area contributed by atoms with Gasteiger partial charge in [0.05, 0.1) is 23.4 Å². The summed E-state index contributed by atoms with van der Waals surface area (Å²) in [4.78, 5) is 13.3. The van der Waals surface area contributed by atoms with Crippen molar-refractivity contribution in [1.82, 2.24) is 9.78 Å². The average molecular weight is 406 g/mol. The lowest BCUT2D eigenvalue weighted by Gasteiger charge is -2.20. The molecule has 2 aromatic heterocycles. The number of aryl methyl sites for hydroxylation is 2.